The summed E-state index contributed by atoms with van der Waals surface area (Å²) in [6.45, 7) is 5.07. The van der Waals surface area contributed by atoms with Gasteiger partial charge in [0.1, 0.15) is 11.9 Å². The van der Waals surface area contributed by atoms with E-state index in [0.717, 1.165) is 35.0 Å². The second-order valence-corrected chi connectivity index (χ2v) is 6.63. The van der Waals surface area contributed by atoms with Crippen molar-refractivity contribution in [2.75, 3.05) is 5.73 Å². The van der Waals surface area contributed by atoms with Gasteiger partial charge in [-0.25, -0.2) is 4.98 Å². The zero-order valence-corrected chi connectivity index (χ0v) is 12.9. The van der Waals surface area contributed by atoms with Crippen molar-refractivity contribution in [3.63, 3.8) is 0 Å². The van der Waals surface area contributed by atoms with Gasteiger partial charge in [-0.1, -0.05) is 19.8 Å². The summed E-state index contributed by atoms with van der Waals surface area (Å²) >= 11 is 0. The molecule has 114 valence electrons. The van der Waals surface area contributed by atoms with Gasteiger partial charge in [-0.3, -0.25) is 0 Å². The molecule has 0 saturated heterocycles. The topological polar surface area (TPSA) is 64.1 Å². The Bertz CT molecular complexity index is 624. The highest BCUT2D eigenvalue weighted by Crippen LogP contribution is 2.31. The van der Waals surface area contributed by atoms with Crippen LogP contribution < -0.4 is 5.73 Å². The van der Waals surface area contributed by atoms with Crippen molar-refractivity contribution < 1.29 is 5.11 Å². The molecule has 1 saturated carbocycles. The number of aliphatic hydroxyl groups excluding tert-OH is 1. The molecule has 0 amide bonds. The molecule has 1 fully saturated rings. The molecule has 0 spiro atoms. The Morgan fingerprint density at radius 2 is 2.05 bits per heavy atom. The molecule has 0 bridgehead atoms. The maximum Gasteiger partial charge on any atom is 0.138 e. The minimum atomic E-state index is -0.555. The van der Waals surface area contributed by atoms with Gasteiger partial charge in [-0.15, -0.1) is 0 Å². The molecular weight excluding hydrogens is 262 g/mol. The van der Waals surface area contributed by atoms with Crippen LogP contribution in [0, 0.1) is 11.8 Å². The molecule has 1 aromatic carbocycles. The summed E-state index contributed by atoms with van der Waals surface area (Å²) in [5, 5.41) is 10.0. The van der Waals surface area contributed by atoms with Crippen LogP contribution in [-0.2, 0) is 6.54 Å². The second-order valence-electron chi connectivity index (χ2n) is 6.63. The minimum absolute atomic E-state index is 0.555. The third-order valence-corrected chi connectivity index (χ3v) is 4.75. The number of nitrogens with two attached hydrogens (primary N) is 1. The molecular formula is C17H25N3O. The lowest BCUT2D eigenvalue weighted by Crippen LogP contribution is -2.19. The number of anilines is 1. The van der Waals surface area contributed by atoms with Crippen LogP contribution in [0.2, 0.25) is 0 Å². The van der Waals surface area contributed by atoms with Crippen molar-refractivity contribution in [1.82, 2.24) is 9.55 Å². The number of rotatable bonds is 3. The fourth-order valence-corrected chi connectivity index (χ4v) is 3.45. The third kappa shape index (κ3) is 2.91. The molecule has 3 rings (SSSR count). The number of hydrogen-bond donors (Lipinski definition) is 2. The van der Waals surface area contributed by atoms with Gasteiger partial charge in [0.2, 0.25) is 0 Å². The Hall–Kier alpha value is -1.55. The highest BCUT2D eigenvalue weighted by Gasteiger charge is 2.22. The summed E-state index contributed by atoms with van der Waals surface area (Å²) in [5.74, 6) is 2.31. The third-order valence-electron chi connectivity index (χ3n) is 4.75. The molecule has 0 aliphatic heterocycles. The highest BCUT2D eigenvalue weighted by atomic mass is 16.3. The average molecular weight is 287 g/mol. The lowest BCUT2D eigenvalue weighted by Gasteiger charge is -2.27. The molecule has 1 aliphatic rings. The first-order valence-electron chi connectivity index (χ1n) is 7.98. The Morgan fingerprint density at radius 1 is 1.33 bits per heavy atom. The number of aromatic nitrogens is 2. The van der Waals surface area contributed by atoms with Crippen molar-refractivity contribution in [1.29, 1.82) is 0 Å². The number of nitrogen functional groups attached to an aromatic ring is 1. The lowest BCUT2D eigenvalue weighted by molar-refractivity contribution is 0.179. The van der Waals surface area contributed by atoms with E-state index in [0.29, 0.717) is 5.92 Å². The van der Waals surface area contributed by atoms with Crippen molar-refractivity contribution >= 4 is 16.7 Å². The number of fused-ring (bicyclic) bond motifs is 1. The van der Waals surface area contributed by atoms with Crippen LogP contribution in [0.25, 0.3) is 11.0 Å². The molecule has 1 heterocycles. The summed E-state index contributed by atoms with van der Waals surface area (Å²) in [7, 11) is 0. The van der Waals surface area contributed by atoms with E-state index in [2.05, 4.69) is 16.5 Å². The van der Waals surface area contributed by atoms with E-state index in [1.165, 1.54) is 25.7 Å². The zero-order chi connectivity index (χ0) is 15.0. The smallest absolute Gasteiger partial charge is 0.138 e. The monoisotopic (exact) mass is 287 g/mol. The normalized spacial score (nSPS) is 24.3. The predicted octanol–water partition coefficient (Wildman–Crippen LogP) is 3.50. The first-order valence-corrected chi connectivity index (χ1v) is 7.98. The van der Waals surface area contributed by atoms with Gasteiger partial charge in [0.25, 0.3) is 0 Å². The molecule has 1 unspecified atom stereocenters. The van der Waals surface area contributed by atoms with Gasteiger partial charge in [0, 0.05) is 12.2 Å². The van der Waals surface area contributed by atoms with E-state index in [4.69, 9.17) is 5.73 Å². The minimum Gasteiger partial charge on any atom is -0.399 e. The van der Waals surface area contributed by atoms with E-state index >= 15 is 0 Å². The van der Waals surface area contributed by atoms with Crippen LogP contribution in [-0.4, -0.2) is 14.7 Å². The van der Waals surface area contributed by atoms with Crippen LogP contribution in [0.4, 0.5) is 5.69 Å². The Labute approximate surface area is 126 Å². The predicted molar refractivity (Wildman–Crippen MR) is 85.9 cm³/mol. The number of benzene rings is 1. The zero-order valence-electron chi connectivity index (χ0n) is 12.9. The van der Waals surface area contributed by atoms with Gasteiger partial charge < -0.3 is 15.4 Å². The van der Waals surface area contributed by atoms with Gasteiger partial charge in [0.15, 0.2) is 0 Å². The molecule has 0 radical (unpaired) electrons. The molecule has 4 nitrogen and oxygen atoms in total. The fourth-order valence-electron chi connectivity index (χ4n) is 3.45. The molecule has 3 N–H and O–H groups in total. The maximum absolute atomic E-state index is 10.0. The van der Waals surface area contributed by atoms with Gasteiger partial charge >= 0.3 is 0 Å². The van der Waals surface area contributed by atoms with Gasteiger partial charge in [-0.05, 0) is 49.8 Å². The van der Waals surface area contributed by atoms with Crippen molar-refractivity contribution in [2.45, 2.75) is 52.2 Å². The summed E-state index contributed by atoms with van der Waals surface area (Å²) in [5.41, 5.74) is 8.53. The average Bonchev–Trinajstić information content (AvgIpc) is 2.79. The highest BCUT2D eigenvalue weighted by molar-refractivity contribution is 5.79. The first kappa shape index (κ1) is 14.4. The molecule has 1 aromatic heterocycles. The quantitative estimate of drug-likeness (QED) is 0.849. The number of nitrogens with zero attached hydrogens (tertiary/aromatic N) is 2. The summed E-state index contributed by atoms with van der Waals surface area (Å²) in [6, 6.07) is 5.82. The Kier molecular flexibility index (Phi) is 3.89. The van der Waals surface area contributed by atoms with E-state index in [-0.39, 0.29) is 0 Å². The van der Waals surface area contributed by atoms with Crippen LogP contribution >= 0.6 is 0 Å². The second kappa shape index (κ2) is 5.68. The van der Waals surface area contributed by atoms with Gasteiger partial charge in [0.05, 0.1) is 11.0 Å². The molecule has 21 heavy (non-hydrogen) atoms. The van der Waals surface area contributed by atoms with Gasteiger partial charge in [-0.2, -0.15) is 0 Å². The summed E-state index contributed by atoms with van der Waals surface area (Å²) in [6.07, 6.45) is 4.62. The largest absolute Gasteiger partial charge is 0.399 e. The number of imidazole rings is 1. The summed E-state index contributed by atoms with van der Waals surface area (Å²) < 4.78 is 2.19. The lowest BCUT2D eigenvalue weighted by atomic mass is 9.83. The van der Waals surface area contributed by atoms with E-state index in [9.17, 15) is 5.11 Å². The van der Waals surface area contributed by atoms with Crippen molar-refractivity contribution in [3.05, 3.63) is 24.0 Å². The SMILES string of the molecule is CC1CCC(Cn2c(C(C)O)nc3cc(N)ccc32)CC1. The number of hydrogen-bond acceptors (Lipinski definition) is 3. The van der Waals surface area contributed by atoms with Crippen LogP contribution in [0.15, 0.2) is 18.2 Å². The summed E-state index contributed by atoms with van der Waals surface area (Å²) in [4.78, 5) is 4.59. The first-order chi connectivity index (χ1) is 10.0. The Balaban J connectivity index is 1.93. The van der Waals surface area contributed by atoms with E-state index < -0.39 is 6.10 Å². The Morgan fingerprint density at radius 3 is 2.71 bits per heavy atom. The van der Waals surface area contributed by atoms with Crippen LogP contribution in [0.1, 0.15) is 51.5 Å². The molecule has 4 heteroatoms. The fraction of sp³-hybridized carbons (Fsp3) is 0.588. The van der Waals surface area contributed by atoms with Crippen LogP contribution in [0.3, 0.4) is 0 Å². The van der Waals surface area contributed by atoms with E-state index in [1.54, 1.807) is 6.92 Å². The number of aliphatic hydroxyl groups is 1. The molecule has 1 aliphatic carbocycles. The van der Waals surface area contributed by atoms with Crippen LogP contribution in [0.5, 0.6) is 0 Å². The van der Waals surface area contributed by atoms with Crippen molar-refractivity contribution in [2.24, 2.45) is 11.8 Å². The van der Waals surface area contributed by atoms with E-state index in [1.807, 2.05) is 18.2 Å². The molecule has 2 aromatic rings. The standard InChI is InChI=1S/C17H25N3O/c1-11-3-5-13(6-4-11)10-20-16-8-7-14(18)9-15(16)19-17(20)12(2)21/h7-9,11-13,21H,3-6,10,18H2,1-2H3. The van der Waals surface area contributed by atoms with Crippen molar-refractivity contribution in [3.8, 4) is 0 Å². The maximum atomic E-state index is 10.0. The molecule has 1 atom stereocenters.